The molecule has 2 aromatic rings. The number of amides is 1. The Bertz CT molecular complexity index is 934. The summed E-state index contributed by atoms with van der Waals surface area (Å²) in [6.45, 7) is 0.702. The minimum Gasteiger partial charge on any atom is -0.355 e. The molecule has 142 valence electrons. The van der Waals surface area contributed by atoms with Crippen molar-refractivity contribution >= 4 is 27.4 Å². The normalized spacial score (nSPS) is 16.8. The third-order valence-electron chi connectivity index (χ3n) is 3.98. The third kappa shape index (κ3) is 3.86. The molecule has 0 aromatic carbocycles. The molecule has 13 heteroatoms. The number of alkyl halides is 3. The standard InChI is InChI=1S/C13H15F3N6O3S/c1-26(24,25)20-11(23)8-4-6-21(7-5-8)10-3-2-9-17-18-12(13(14,15)16)22(9)19-10/h2-3,8H,4-7H2,1H3,(H,20,23). The van der Waals surface area contributed by atoms with Crippen LogP contribution in [0.5, 0.6) is 0 Å². The maximum atomic E-state index is 12.9. The lowest BCUT2D eigenvalue weighted by Crippen LogP contribution is -2.42. The first-order valence-corrected chi connectivity index (χ1v) is 9.50. The van der Waals surface area contributed by atoms with Crippen molar-refractivity contribution in [2.75, 3.05) is 24.2 Å². The summed E-state index contributed by atoms with van der Waals surface area (Å²) in [6, 6.07) is 2.91. The molecule has 0 aliphatic carbocycles. The molecule has 1 amide bonds. The largest absolute Gasteiger partial charge is 0.453 e. The molecule has 1 aliphatic rings. The van der Waals surface area contributed by atoms with Gasteiger partial charge in [0.2, 0.25) is 15.9 Å². The van der Waals surface area contributed by atoms with Crippen LogP contribution in [0.2, 0.25) is 0 Å². The summed E-state index contributed by atoms with van der Waals surface area (Å²) in [6.07, 6.45) is -3.07. The summed E-state index contributed by atoms with van der Waals surface area (Å²) in [5, 5.41) is 10.5. The number of anilines is 1. The SMILES string of the molecule is CS(=O)(=O)NC(=O)C1CCN(c2ccc3nnc(C(F)(F)F)n3n2)CC1. The molecular weight excluding hydrogens is 377 g/mol. The molecule has 2 aromatic heterocycles. The molecule has 3 heterocycles. The predicted molar refractivity (Wildman–Crippen MR) is 83.7 cm³/mol. The topological polar surface area (TPSA) is 110 Å². The molecule has 3 rings (SSSR count). The van der Waals surface area contributed by atoms with Crippen LogP contribution in [0.1, 0.15) is 18.7 Å². The molecule has 0 unspecified atom stereocenters. The van der Waals surface area contributed by atoms with Gasteiger partial charge in [0.15, 0.2) is 5.65 Å². The van der Waals surface area contributed by atoms with Gasteiger partial charge in [-0.2, -0.15) is 17.7 Å². The van der Waals surface area contributed by atoms with Gasteiger partial charge in [-0.1, -0.05) is 0 Å². The molecule has 0 saturated carbocycles. The van der Waals surface area contributed by atoms with Gasteiger partial charge in [0.05, 0.1) is 6.26 Å². The zero-order chi connectivity index (χ0) is 19.1. The number of hydrogen-bond acceptors (Lipinski definition) is 7. The van der Waals surface area contributed by atoms with E-state index in [-0.39, 0.29) is 5.65 Å². The van der Waals surface area contributed by atoms with Crippen molar-refractivity contribution in [2.24, 2.45) is 5.92 Å². The molecule has 9 nitrogen and oxygen atoms in total. The highest BCUT2D eigenvalue weighted by Crippen LogP contribution is 2.28. The van der Waals surface area contributed by atoms with E-state index in [1.54, 1.807) is 4.90 Å². The van der Waals surface area contributed by atoms with E-state index in [0.717, 1.165) is 6.26 Å². The van der Waals surface area contributed by atoms with Gasteiger partial charge in [-0.3, -0.25) is 9.52 Å². The van der Waals surface area contributed by atoms with E-state index in [1.165, 1.54) is 12.1 Å². The van der Waals surface area contributed by atoms with Crippen molar-refractivity contribution in [1.29, 1.82) is 0 Å². The number of nitrogens with one attached hydrogen (secondary N) is 1. The first-order valence-electron chi connectivity index (χ1n) is 7.61. The minimum absolute atomic E-state index is 0.0245. The third-order valence-corrected chi connectivity index (χ3v) is 4.55. The second-order valence-electron chi connectivity index (χ2n) is 5.98. The number of piperidine rings is 1. The van der Waals surface area contributed by atoms with Gasteiger partial charge in [-0.15, -0.1) is 15.3 Å². The van der Waals surface area contributed by atoms with Crippen LogP contribution in [-0.2, 0) is 21.0 Å². The van der Waals surface area contributed by atoms with E-state index in [2.05, 4.69) is 15.3 Å². The molecule has 1 saturated heterocycles. The number of halogens is 3. The van der Waals surface area contributed by atoms with Crippen molar-refractivity contribution in [3.63, 3.8) is 0 Å². The fourth-order valence-electron chi connectivity index (χ4n) is 2.76. The Kier molecular flexibility index (Phi) is 4.50. The van der Waals surface area contributed by atoms with E-state index in [4.69, 9.17) is 0 Å². The maximum Gasteiger partial charge on any atom is 0.453 e. The van der Waals surface area contributed by atoms with Crippen molar-refractivity contribution in [3.05, 3.63) is 18.0 Å². The van der Waals surface area contributed by atoms with E-state index >= 15 is 0 Å². The Balaban J connectivity index is 1.74. The smallest absolute Gasteiger partial charge is 0.355 e. The van der Waals surface area contributed by atoms with Gasteiger partial charge >= 0.3 is 6.18 Å². The van der Waals surface area contributed by atoms with Crippen LogP contribution in [0.15, 0.2) is 12.1 Å². The second-order valence-corrected chi connectivity index (χ2v) is 7.73. The van der Waals surface area contributed by atoms with Gasteiger partial charge in [0.1, 0.15) is 5.82 Å². The summed E-state index contributed by atoms with van der Waals surface area (Å²) in [4.78, 5) is 13.6. The lowest BCUT2D eigenvalue weighted by molar-refractivity contribution is -0.146. The molecule has 1 fully saturated rings. The van der Waals surface area contributed by atoms with Crippen LogP contribution in [0.3, 0.4) is 0 Å². The molecule has 0 atom stereocenters. The molecular formula is C13H15F3N6O3S. The van der Waals surface area contributed by atoms with Crippen molar-refractivity contribution < 1.29 is 26.4 Å². The van der Waals surface area contributed by atoms with E-state index < -0.39 is 33.8 Å². The zero-order valence-corrected chi connectivity index (χ0v) is 14.4. The lowest BCUT2D eigenvalue weighted by atomic mass is 9.96. The molecule has 1 aliphatic heterocycles. The van der Waals surface area contributed by atoms with Crippen molar-refractivity contribution in [1.82, 2.24) is 24.5 Å². The van der Waals surface area contributed by atoms with E-state index in [9.17, 15) is 26.4 Å². The highest BCUT2D eigenvalue weighted by atomic mass is 32.2. The Morgan fingerprint density at radius 2 is 1.88 bits per heavy atom. The number of carbonyl (C=O) groups is 1. The Labute approximate surface area is 146 Å². The number of rotatable bonds is 3. The van der Waals surface area contributed by atoms with Gasteiger partial charge in [-0.25, -0.2) is 8.42 Å². The average molecular weight is 392 g/mol. The number of sulfonamides is 1. The molecule has 0 spiro atoms. The van der Waals surface area contributed by atoms with Crippen LogP contribution in [0.25, 0.3) is 5.65 Å². The number of aromatic nitrogens is 4. The first-order chi connectivity index (χ1) is 12.0. The molecule has 26 heavy (non-hydrogen) atoms. The lowest BCUT2D eigenvalue weighted by Gasteiger charge is -2.31. The van der Waals surface area contributed by atoms with Crippen LogP contribution in [-0.4, -0.2) is 53.5 Å². The van der Waals surface area contributed by atoms with Gasteiger partial charge in [-0.05, 0) is 25.0 Å². The number of hydrogen-bond donors (Lipinski definition) is 1. The van der Waals surface area contributed by atoms with Crippen LogP contribution in [0.4, 0.5) is 19.0 Å². The minimum atomic E-state index is -4.68. The monoisotopic (exact) mass is 392 g/mol. The van der Waals surface area contributed by atoms with Crippen molar-refractivity contribution in [3.8, 4) is 0 Å². The fraction of sp³-hybridized carbons (Fsp3) is 0.538. The summed E-state index contributed by atoms with van der Waals surface area (Å²) >= 11 is 0. The van der Waals surface area contributed by atoms with E-state index in [0.29, 0.717) is 36.3 Å². The van der Waals surface area contributed by atoms with Gasteiger partial charge in [0, 0.05) is 19.0 Å². The first kappa shape index (κ1) is 18.4. The summed E-state index contributed by atoms with van der Waals surface area (Å²) in [7, 11) is -3.62. The van der Waals surface area contributed by atoms with Crippen molar-refractivity contribution in [2.45, 2.75) is 19.0 Å². The molecule has 0 bridgehead atoms. The van der Waals surface area contributed by atoms with E-state index in [1.807, 2.05) is 4.72 Å². The number of nitrogens with zero attached hydrogens (tertiary/aromatic N) is 5. The van der Waals surface area contributed by atoms with Crippen LogP contribution < -0.4 is 9.62 Å². The second kappa shape index (κ2) is 6.37. The maximum absolute atomic E-state index is 12.9. The molecule has 0 radical (unpaired) electrons. The summed E-state index contributed by atoms with van der Waals surface area (Å²) < 4.78 is 63.6. The number of fused-ring (bicyclic) bond motifs is 1. The predicted octanol–water partition coefficient (Wildman–Crippen LogP) is 0.435. The summed E-state index contributed by atoms with van der Waals surface area (Å²) in [5.74, 6) is -1.97. The Hall–Kier alpha value is -2.44. The zero-order valence-electron chi connectivity index (χ0n) is 13.6. The van der Waals surface area contributed by atoms with Gasteiger partial charge < -0.3 is 4.90 Å². The highest BCUT2D eigenvalue weighted by Gasteiger charge is 2.38. The Morgan fingerprint density at radius 1 is 1.23 bits per heavy atom. The van der Waals surface area contributed by atoms with Gasteiger partial charge in [0.25, 0.3) is 5.82 Å². The summed E-state index contributed by atoms with van der Waals surface area (Å²) in [5.41, 5.74) is -0.0245. The Morgan fingerprint density at radius 3 is 2.46 bits per heavy atom. The quantitative estimate of drug-likeness (QED) is 0.807. The van der Waals surface area contributed by atoms with Crippen LogP contribution >= 0.6 is 0 Å². The number of carbonyl (C=O) groups excluding carboxylic acids is 1. The molecule has 1 N–H and O–H groups in total. The van der Waals surface area contributed by atoms with Crippen LogP contribution in [0, 0.1) is 5.92 Å². The fourth-order valence-corrected chi connectivity index (χ4v) is 3.29. The highest BCUT2D eigenvalue weighted by molar-refractivity contribution is 7.89. The average Bonchev–Trinajstić information content (AvgIpc) is 2.96.